The Bertz CT molecular complexity index is 318. The number of hydrogen-bond acceptors (Lipinski definition) is 3. The van der Waals surface area contributed by atoms with Gasteiger partial charge in [-0.2, -0.15) is 5.10 Å². The molecule has 1 aromatic rings. The van der Waals surface area contributed by atoms with Gasteiger partial charge in [0, 0.05) is 30.9 Å². The van der Waals surface area contributed by atoms with Crippen molar-refractivity contribution in [2.45, 2.75) is 52.3 Å². The molecule has 0 saturated carbocycles. The molecule has 4 heteroatoms. The summed E-state index contributed by atoms with van der Waals surface area (Å²) < 4.78 is 1.94. The Hall–Kier alpha value is -0.870. The van der Waals surface area contributed by atoms with Crippen LogP contribution >= 0.6 is 0 Å². The van der Waals surface area contributed by atoms with Gasteiger partial charge in [-0.1, -0.05) is 6.92 Å². The molecule has 0 bridgehead atoms. The van der Waals surface area contributed by atoms with Crippen LogP contribution in [0.3, 0.4) is 0 Å². The van der Waals surface area contributed by atoms with Gasteiger partial charge in [-0.15, -0.1) is 0 Å². The quantitative estimate of drug-likeness (QED) is 0.775. The molecule has 0 saturated heterocycles. The SMILES string of the molecule is CCC(C)(O)CNCc1cnn(C(C)C)c1. The standard InChI is InChI=1S/C12H23N3O/c1-5-12(4,16)9-13-6-11-7-14-15(8-11)10(2)3/h7-8,10,13,16H,5-6,9H2,1-4H3. The molecule has 0 spiro atoms. The highest BCUT2D eigenvalue weighted by Crippen LogP contribution is 2.08. The van der Waals surface area contributed by atoms with Crippen LogP contribution in [0.4, 0.5) is 0 Å². The molecule has 1 rings (SSSR count). The molecule has 1 atom stereocenters. The van der Waals surface area contributed by atoms with E-state index in [0.717, 1.165) is 18.5 Å². The van der Waals surface area contributed by atoms with Gasteiger partial charge in [0.15, 0.2) is 0 Å². The van der Waals surface area contributed by atoms with E-state index in [2.05, 4.69) is 24.3 Å². The van der Waals surface area contributed by atoms with Crippen LogP contribution in [0.2, 0.25) is 0 Å². The van der Waals surface area contributed by atoms with Crippen LogP contribution in [-0.2, 0) is 6.54 Å². The van der Waals surface area contributed by atoms with Gasteiger partial charge in [-0.05, 0) is 27.2 Å². The van der Waals surface area contributed by atoms with Crippen LogP contribution in [0.1, 0.15) is 45.7 Å². The summed E-state index contributed by atoms with van der Waals surface area (Å²) in [4.78, 5) is 0. The predicted molar refractivity (Wildman–Crippen MR) is 65.2 cm³/mol. The first-order valence-electron chi connectivity index (χ1n) is 5.91. The molecule has 0 aliphatic heterocycles. The lowest BCUT2D eigenvalue weighted by Gasteiger charge is -2.21. The van der Waals surface area contributed by atoms with E-state index in [-0.39, 0.29) is 0 Å². The zero-order chi connectivity index (χ0) is 12.2. The molecule has 4 nitrogen and oxygen atoms in total. The normalized spacial score (nSPS) is 15.4. The number of aliphatic hydroxyl groups is 1. The molecule has 1 aromatic heterocycles. The molecule has 0 aliphatic carbocycles. The van der Waals surface area contributed by atoms with Crippen LogP contribution in [0.5, 0.6) is 0 Å². The van der Waals surface area contributed by atoms with Crippen molar-refractivity contribution in [1.82, 2.24) is 15.1 Å². The summed E-state index contributed by atoms with van der Waals surface area (Å²) in [5.41, 5.74) is 0.536. The Morgan fingerprint density at radius 1 is 1.56 bits per heavy atom. The lowest BCUT2D eigenvalue weighted by atomic mass is 10.0. The summed E-state index contributed by atoms with van der Waals surface area (Å²) in [5, 5.41) is 17.3. The molecule has 0 aliphatic rings. The fourth-order valence-corrected chi connectivity index (χ4v) is 1.35. The number of aromatic nitrogens is 2. The van der Waals surface area contributed by atoms with E-state index >= 15 is 0 Å². The number of nitrogens with one attached hydrogen (secondary N) is 1. The Morgan fingerprint density at radius 2 is 2.25 bits per heavy atom. The highest BCUT2D eigenvalue weighted by atomic mass is 16.3. The summed E-state index contributed by atoms with van der Waals surface area (Å²) >= 11 is 0. The first kappa shape index (κ1) is 13.2. The van der Waals surface area contributed by atoms with Crippen molar-refractivity contribution in [2.24, 2.45) is 0 Å². The van der Waals surface area contributed by atoms with Gasteiger partial charge in [0.2, 0.25) is 0 Å². The summed E-state index contributed by atoms with van der Waals surface area (Å²) in [6, 6.07) is 0.396. The van der Waals surface area contributed by atoms with Gasteiger partial charge in [0.25, 0.3) is 0 Å². The summed E-state index contributed by atoms with van der Waals surface area (Å²) in [7, 11) is 0. The van der Waals surface area contributed by atoms with E-state index in [4.69, 9.17) is 0 Å². The maximum absolute atomic E-state index is 9.81. The largest absolute Gasteiger partial charge is 0.389 e. The first-order chi connectivity index (χ1) is 7.44. The lowest BCUT2D eigenvalue weighted by Crippen LogP contribution is -2.36. The van der Waals surface area contributed by atoms with Crippen LogP contribution < -0.4 is 5.32 Å². The number of rotatable bonds is 6. The van der Waals surface area contributed by atoms with Gasteiger partial charge in [0.1, 0.15) is 0 Å². The van der Waals surface area contributed by atoms with Crippen LogP contribution in [0, 0.1) is 0 Å². The second kappa shape index (κ2) is 5.46. The summed E-state index contributed by atoms with van der Waals surface area (Å²) in [5.74, 6) is 0. The average Bonchev–Trinajstić information content (AvgIpc) is 2.66. The van der Waals surface area contributed by atoms with Gasteiger partial charge >= 0.3 is 0 Å². The second-order valence-corrected chi connectivity index (χ2v) is 4.88. The fourth-order valence-electron chi connectivity index (χ4n) is 1.35. The Labute approximate surface area is 97.7 Å². The van der Waals surface area contributed by atoms with E-state index in [9.17, 15) is 5.11 Å². The number of hydrogen-bond donors (Lipinski definition) is 2. The van der Waals surface area contributed by atoms with Gasteiger partial charge < -0.3 is 10.4 Å². The maximum Gasteiger partial charge on any atom is 0.0741 e. The predicted octanol–water partition coefficient (Wildman–Crippen LogP) is 1.71. The minimum absolute atomic E-state index is 0.396. The van der Waals surface area contributed by atoms with Crippen molar-refractivity contribution < 1.29 is 5.11 Å². The Morgan fingerprint density at radius 3 is 2.75 bits per heavy atom. The van der Waals surface area contributed by atoms with Crippen LogP contribution in [0.15, 0.2) is 12.4 Å². The van der Waals surface area contributed by atoms with Crippen LogP contribution in [-0.4, -0.2) is 27.0 Å². The van der Waals surface area contributed by atoms with Crippen molar-refractivity contribution in [1.29, 1.82) is 0 Å². The molecule has 0 fully saturated rings. The Balaban J connectivity index is 2.37. The third kappa shape index (κ3) is 3.94. The molecular weight excluding hydrogens is 202 g/mol. The van der Waals surface area contributed by atoms with E-state index in [1.54, 1.807) is 0 Å². The minimum Gasteiger partial charge on any atom is -0.389 e. The number of nitrogens with zero attached hydrogens (tertiary/aromatic N) is 2. The lowest BCUT2D eigenvalue weighted by molar-refractivity contribution is 0.0555. The monoisotopic (exact) mass is 225 g/mol. The maximum atomic E-state index is 9.81. The molecule has 1 unspecified atom stereocenters. The molecule has 92 valence electrons. The topological polar surface area (TPSA) is 50.1 Å². The summed E-state index contributed by atoms with van der Waals surface area (Å²) in [6.45, 7) is 9.40. The van der Waals surface area contributed by atoms with Crippen molar-refractivity contribution >= 4 is 0 Å². The van der Waals surface area contributed by atoms with Gasteiger partial charge in [-0.3, -0.25) is 4.68 Å². The highest BCUT2D eigenvalue weighted by Gasteiger charge is 2.16. The molecule has 0 radical (unpaired) electrons. The zero-order valence-electron chi connectivity index (χ0n) is 10.7. The summed E-state index contributed by atoms with van der Waals surface area (Å²) in [6.07, 6.45) is 4.66. The van der Waals surface area contributed by atoms with Crippen molar-refractivity contribution in [3.05, 3.63) is 18.0 Å². The minimum atomic E-state index is -0.617. The van der Waals surface area contributed by atoms with Crippen LogP contribution in [0.25, 0.3) is 0 Å². The molecule has 0 amide bonds. The highest BCUT2D eigenvalue weighted by molar-refractivity contribution is 5.03. The van der Waals surface area contributed by atoms with E-state index in [1.165, 1.54) is 0 Å². The van der Waals surface area contributed by atoms with Crippen molar-refractivity contribution in [2.75, 3.05) is 6.54 Å². The average molecular weight is 225 g/mol. The van der Waals surface area contributed by atoms with Crippen molar-refractivity contribution in [3.63, 3.8) is 0 Å². The van der Waals surface area contributed by atoms with E-state index < -0.39 is 5.60 Å². The third-order valence-electron chi connectivity index (χ3n) is 2.78. The molecular formula is C12H23N3O. The molecule has 1 heterocycles. The smallest absolute Gasteiger partial charge is 0.0741 e. The van der Waals surface area contributed by atoms with Crippen molar-refractivity contribution in [3.8, 4) is 0 Å². The molecule has 2 N–H and O–H groups in total. The Kier molecular flexibility index (Phi) is 4.50. The molecule has 16 heavy (non-hydrogen) atoms. The van der Waals surface area contributed by atoms with E-state index in [0.29, 0.717) is 12.6 Å². The fraction of sp³-hybridized carbons (Fsp3) is 0.750. The van der Waals surface area contributed by atoms with E-state index in [1.807, 2.05) is 30.9 Å². The first-order valence-corrected chi connectivity index (χ1v) is 5.91. The van der Waals surface area contributed by atoms with Gasteiger partial charge in [0.05, 0.1) is 11.8 Å². The third-order valence-corrected chi connectivity index (χ3v) is 2.78. The zero-order valence-corrected chi connectivity index (χ0v) is 10.7. The van der Waals surface area contributed by atoms with Gasteiger partial charge in [-0.25, -0.2) is 0 Å². The second-order valence-electron chi connectivity index (χ2n) is 4.88. The molecule has 0 aromatic carbocycles.